The third kappa shape index (κ3) is 5.55. The van der Waals surface area contributed by atoms with Crippen LogP contribution in [0.1, 0.15) is 29.7 Å². The van der Waals surface area contributed by atoms with E-state index in [1.165, 1.54) is 37.3 Å². The van der Waals surface area contributed by atoms with Crippen molar-refractivity contribution < 1.29 is 42.3 Å². The minimum Gasteiger partial charge on any atom is -0.459 e. The van der Waals surface area contributed by atoms with E-state index in [0.717, 1.165) is 27.7 Å². The summed E-state index contributed by atoms with van der Waals surface area (Å²) in [6.07, 6.45) is -6.08. The summed E-state index contributed by atoms with van der Waals surface area (Å²) in [4.78, 5) is 26.7. The molecule has 2 aromatic carbocycles. The lowest BCUT2D eigenvalue weighted by Gasteiger charge is -2.33. The Morgan fingerprint density at radius 1 is 1.24 bits per heavy atom. The first kappa shape index (κ1) is 27.2. The first-order chi connectivity index (χ1) is 17.4. The standard InChI is InChI=1S/C24H22F3N5O5/c1-13-19(21(35)37-12-18(34)11-33)20(15-7-5-14(10-28)6-8-15)32(23(30)36)22(29)31(13)17-4-2-3-16(9-17)24(25,26)27/h2-9,18,20,29,33-34H,11-12H2,1H3,(H2,30,36)/p+1. The number of hydrogen-bond donors (Lipinski definition) is 4. The summed E-state index contributed by atoms with van der Waals surface area (Å²) >= 11 is 0. The van der Waals surface area contributed by atoms with Gasteiger partial charge in [-0.3, -0.25) is 5.73 Å². The second kappa shape index (κ2) is 10.7. The van der Waals surface area contributed by atoms with Crippen molar-refractivity contribution in [2.24, 2.45) is 11.5 Å². The zero-order valence-corrected chi connectivity index (χ0v) is 19.4. The number of carbonyl (C=O) groups excluding carboxylic acids is 2. The molecule has 0 saturated carbocycles. The number of nitrogens with zero attached hydrogens (tertiary/aromatic N) is 3. The normalized spacial score (nSPS) is 16.9. The molecule has 0 radical (unpaired) electrons. The van der Waals surface area contributed by atoms with Gasteiger partial charge in [0.1, 0.15) is 30.0 Å². The Hall–Kier alpha value is -4.41. The van der Waals surface area contributed by atoms with E-state index in [9.17, 15) is 27.9 Å². The van der Waals surface area contributed by atoms with Crippen molar-refractivity contribution in [2.45, 2.75) is 25.2 Å². The highest BCUT2D eigenvalue weighted by atomic mass is 19.4. The lowest BCUT2D eigenvalue weighted by molar-refractivity contribution is -0.396. The number of amides is 2. The number of benzene rings is 2. The molecule has 2 unspecified atom stereocenters. The van der Waals surface area contributed by atoms with Crippen molar-refractivity contribution in [1.29, 1.82) is 5.26 Å². The summed E-state index contributed by atoms with van der Waals surface area (Å²) in [7, 11) is 0. The van der Waals surface area contributed by atoms with Crippen molar-refractivity contribution in [3.05, 3.63) is 76.5 Å². The van der Waals surface area contributed by atoms with Crippen LogP contribution in [0.2, 0.25) is 0 Å². The van der Waals surface area contributed by atoms with Gasteiger partial charge >= 0.3 is 24.1 Å². The molecule has 37 heavy (non-hydrogen) atoms. The third-order valence-electron chi connectivity index (χ3n) is 5.59. The van der Waals surface area contributed by atoms with Gasteiger partial charge in [0.2, 0.25) is 0 Å². The first-order valence-electron chi connectivity index (χ1n) is 10.8. The first-order valence-corrected chi connectivity index (χ1v) is 10.8. The van der Waals surface area contributed by atoms with Crippen molar-refractivity contribution in [1.82, 2.24) is 4.90 Å². The summed E-state index contributed by atoms with van der Waals surface area (Å²) < 4.78 is 46.4. The summed E-state index contributed by atoms with van der Waals surface area (Å²) in [6.45, 7) is 0.0849. The minimum atomic E-state index is -4.69. The molecule has 2 amide bonds. The number of guanidine groups is 1. The average molecular weight is 518 g/mol. The second-order valence-electron chi connectivity index (χ2n) is 8.02. The Balaban J connectivity index is 2.28. The van der Waals surface area contributed by atoms with Gasteiger partial charge in [0.25, 0.3) is 0 Å². The van der Waals surface area contributed by atoms with Gasteiger partial charge in [0.15, 0.2) is 0 Å². The maximum Gasteiger partial charge on any atom is 0.416 e. The van der Waals surface area contributed by atoms with E-state index < -0.39 is 49.1 Å². The van der Waals surface area contributed by atoms with Gasteiger partial charge in [-0.15, -0.1) is 0 Å². The van der Waals surface area contributed by atoms with E-state index in [0.29, 0.717) is 5.56 Å². The van der Waals surface area contributed by atoms with Crippen molar-refractivity contribution in [2.75, 3.05) is 13.2 Å². The number of aliphatic hydroxyl groups is 2. The molecule has 1 heterocycles. The van der Waals surface area contributed by atoms with Crippen LogP contribution < -0.4 is 11.5 Å². The Labute approximate surface area is 209 Å². The molecule has 0 saturated heterocycles. The number of nitrogens with two attached hydrogens (primary N) is 2. The van der Waals surface area contributed by atoms with Crippen LogP contribution in [-0.2, 0) is 15.7 Å². The molecule has 3 rings (SSSR count). The summed E-state index contributed by atoms with van der Waals surface area (Å²) in [5.74, 6) is -1.43. The van der Waals surface area contributed by atoms with E-state index in [4.69, 9.17) is 26.6 Å². The van der Waals surface area contributed by atoms with Crippen molar-refractivity contribution >= 4 is 23.6 Å². The molecule has 0 fully saturated rings. The third-order valence-corrected chi connectivity index (χ3v) is 5.59. The SMILES string of the molecule is CC1=C(C(=O)OCC(O)CO)C(c2ccc(C#N)cc2)N(C(N)=O)C(N)=[N+]1c1cccc(C(F)(F)F)c1. The van der Waals surface area contributed by atoms with Crippen LogP contribution in [0.5, 0.6) is 0 Å². The van der Waals surface area contributed by atoms with E-state index >= 15 is 0 Å². The molecule has 0 bridgehead atoms. The van der Waals surface area contributed by atoms with Gasteiger partial charge < -0.3 is 20.7 Å². The molecule has 2 atom stereocenters. The number of nitriles is 1. The quantitative estimate of drug-likeness (QED) is 0.334. The van der Waals surface area contributed by atoms with Gasteiger partial charge in [0.05, 0.1) is 29.5 Å². The molecule has 2 aromatic rings. The smallest absolute Gasteiger partial charge is 0.416 e. The molecule has 0 spiro atoms. The fraction of sp³-hybridized carbons (Fsp3) is 0.250. The number of rotatable bonds is 6. The maximum absolute atomic E-state index is 13.4. The highest BCUT2D eigenvalue weighted by molar-refractivity contribution is 5.99. The predicted molar refractivity (Wildman–Crippen MR) is 123 cm³/mol. The molecule has 6 N–H and O–H groups in total. The summed E-state index contributed by atoms with van der Waals surface area (Å²) in [5.41, 5.74) is 11.1. The number of hydrogen-bond acceptors (Lipinski definition) is 7. The number of ether oxygens (including phenoxy) is 1. The maximum atomic E-state index is 13.4. The zero-order valence-electron chi connectivity index (χ0n) is 19.4. The Kier molecular flexibility index (Phi) is 7.85. The molecular weight excluding hydrogens is 495 g/mol. The van der Waals surface area contributed by atoms with Gasteiger partial charge in [-0.25, -0.2) is 14.2 Å². The summed E-state index contributed by atoms with van der Waals surface area (Å²) in [6, 6.07) is 9.35. The van der Waals surface area contributed by atoms with Crippen LogP contribution in [0.25, 0.3) is 0 Å². The van der Waals surface area contributed by atoms with Gasteiger partial charge in [-0.05, 0) is 42.8 Å². The number of alkyl halides is 3. The van der Waals surface area contributed by atoms with Crippen LogP contribution in [0, 0.1) is 11.3 Å². The van der Waals surface area contributed by atoms with Crippen LogP contribution >= 0.6 is 0 Å². The number of carbonyl (C=O) groups is 2. The number of urea groups is 1. The summed E-state index contributed by atoms with van der Waals surface area (Å²) in [5, 5.41) is 27.8. The highest BCUT2D eigenvalue weighted by Crippen LogP contribution is 2.38. The van der Waals surface area contributed by atoms with E-state index in [1.54, 1.807) is 0 Å². The van der Waals surface area contributed by atoms with Gasteiger partial charge in [0, 0.05) is 0 Å². The van der Waals surface area contributed by atoms with Crippen molar-refractivity contribution in [3.8, 4) is 6.07 Å². The fourth-order valence-electron chi connectivity index (χ4n) is 3.86. The number of esters is 1. The van der Waals surface area contributed by atoms with E-state index in [1.807, 2.05) is 6.07 Å². The van der Waals surface area contributed by atoms with Crippen LogP contribution in [0.3, 0.4) is 0 Å². The number of primary amides is 1. The van der Waals surface area contributed by atoms with Crippen LogP contribution in [0.4, 0.5) is 23.7 Å². The average Bonchev–Trinajstić information content (AvgIpc) is 2.86. The Morgan fingerprint density at radius 3 is 2.43 bits per heavy atom. The second-order valence-corrected chi connectivity index (χ2v) is 8.02. The number of aliphatic hydroxyl groups excluding tert-OH is 2. The molecular formula is C24H23F3N5O5+. The number of halogens is 3. The molecule has 0 aliphatic carbocycles. The predicted octanol–water partition coefficient (Wildman–Crippen LogP) is 1.84. The van der Waals surface area contributed by atoms with Gasteiger partial charge in [-0.1, -0.05) is 18.2 Å². The van der Waals surface area contributed by atoms with E-state index in [-0.39, 0.29) is 28.5 Å². The molecule has 0 aromatic heterocycles. The fourth-order valence-corrected chi connectivity index (χ4v) is 3.86. The number of allylic oxidation sites excluding steroid dienone is 1. The minimum absolute atomic E-state index is 0.0205. The topological polar surface area (TPSA) is 166 Å². The monoisotopic (exact) mass is 518 g/mol. The molecule has 1 aliphatic heterocycles. The molecule has 1 aliphatic rings. The molecule has 10 nitrogen and oxygen atoms in total. The van der Waals surface area contributed by atoms with Crippen molar-refractivity contribution in [3.63, 3.8) is 0 Å². The lowest BCUT2D eigenvalue weighted by atomic mass is 9.93. The highest BCUT2D eigenvalue weighted by Gasteiger charge is 2.46. The Morgan fingerprint density at radius 2 is 1.89 bits per heavy atom. The zero-order chi connectivity index (χ0) is 27.5. The lowest BCUT2D eigenvalue weighted by Crippen LogP contribution is -2.54. The molecule has 13 heteroatoms. The Bertz CT molecular complexity index is 1320. The van der Waals surface area contributed by atoms with E-state index in [2.05, 4.69) is 0 Å². The molecule has 194 valence electrons. The van der Waals surface area contributed by atoms with Gasteiger partial charge in [-0.2, -0.15) is 23.3 Å². The largest absolute Gasteiger partial charge is 0.459 e. The van der Waals surface area contributed by atoms with Crippen LogP contribution in [0.15, 0.2) is 59.8 Å². The van der Waals surface area contributed by atoms with Crippen LogP contribution in [-0.4, -0.2) is 57.0 Å².